The van der Waals surface area contributed by atoms with Crippen LogP contribution < -0.4 is 10.2 Å². The summed E-state index contributed by atoms with van der Waals surface area (Å²) < 4.78 is 5.88. The van der Waals surface area contributed by atoms with Gasteiger partial charge >= 0.3 is 7.12 Å². The summed E-state index contributed by atoms with van der Waals surface area (Å²) in [5.41, 5.74) is 2.38. The molecule has 118 valence electrons. The van der Waals surface area contributed by atoms with Crippen LogP contribution in [0.25, 0.3) is 0 Å². The second-order valence-electron chi connectivity index (χ2n) is 6.81. The Labute approximate surface area is 133 Å². The van der Waals surface area contributed by atoms with Gasteiger partial charge in [-0.1, -0.05) is 37.5 Å². The smallest absolute Gasteiger partial charge is 0.488 e. The summed E-state index contributed by atoms with van der Waals surface area (Å²) in [7, 11) is -1.42. The zero-order valence-electron chi connectivity index (χ0n) is 13.1. The monoisotopic (exact) mass is 300 g/mol. The van der Waals surface area contributed by atoms with Gasteiger partial charge < -0.3 is 14.8 Å². The highest BCUT2D eigenvalue weighted by molar-refractivity contribution is 6.58. The fraction of sp³-hybridized carbons (Fsp3) is 0.556. The first-order valence-corrected chi connectivity index (χ1v) is 8.46. The third-order valence-electron chi connectivity index (χ3n) is 5.13. The maximum atomic E-state index is 9.09. The molecule has 0 unspecified atom stereocenters. The van der Waals surface area contributed by atoms with E-state index in [1.165, 1.54) is 50.5 Å². The minimum atomic E-state index is -1.42. The fourth-order valence-electron chi connectivity index (χ4n) is 3.92. The molecule has 1 aromatic carbocycles. The zero-order chi connectivity index (χ0) is 15.4. The predicted octanol–water partition coefficient (Wildman–Crippen LogP) is 2.81. The van der Waals surface area contributed by atoms with Gasteiger partial charge in [0.1, 0.15) is 12.4 Å². The molecular formula is C18H25BO3. The largest absolute Gasteiger partial charge is 0.489 e. The highest BCUT2D eigenvalue weighted by atomic mass is 16.5. The van der Waals surface area contributed by atoms with E-state index >= 15 is 0 Å². The average Bonchev–Trinajstić information content (AvgIpc) is 2.54. The lowest BCUT2D eigenvalue weighted by Gasteiger charge is -2.38. The van der Waals surface area contributed by atoms with Crippen LogP contribution in [0.4, 0.5) is 0 Å². The molecule has 0 aliphatic heterocycles. The minimum absolute atomic E-state index is 0.458. The van der Waals surface area contributed by atoms with Gasteiger partial charge in [0, 0.05) is 0 Å². The third-order valence-corrected chi connectivity index (χ3v) is 5.13. The summed E-state index contributed by atoms with van der Waals surface area (Å²) in [5.74, 6) is 0.786. The summed E-state index contributed by atoms with van der Waals surface area (Å²) in [5, 5.41) is 18.2. The van der Waals surface area contributed by atoms with Crippen molar-refractivity contribution < 1.29 is 14.8 Å². The lowest BCUT2D eigenvalue weighted by molar-refractivity contribution is 0.216. The number of rotatable bonds is 4. The lowest BCUT2D eigenvalue weighted by Crippen LogP contribution is -2.29. The summed E-state index contributed by atoms with van der Waals surface area (Å²) in [6.45, 7) is 0.656. The van der Waals surface area contributed by atoms with Gasteiger partial charge in [-0.15, -0.1) is 0 Å². The van der Waals surface area contributed by atoms with E-state index < -0.39 is 7.12 Å². The Morgan fingerprint density at radius 3 is 2.32 bits per heavy atom. The molecule has 0 saturated heterocycles. The molecule has 0 atom stereocenters. The van der Waals surface area contributed by atoms with Crippen LogP contribution in [0.2, 0.25) is 0 Å². The first-order valence-electron chi connectivity index (χ1n) is 8.46. The molecule has 1 aromatic rings. The number of ether oxygens (including phenoxy) is 1. The highest BCUT2D eigenvalue weighted by Crippen LogP contribution is 2.45. The van der Waals surface area contributed by atoms with Gasteiger partial charge in [0.05, 0.1) is 0 Å². The minimum Gasteiger partial charge on any atom is -0.489 e. The van der Waals surface area contributed by atoms with E-state index in [0.29, 0.717) is 17.5 Å². The summed E-state index contributed by atoms with van der Waals surface area (Å²) >= 11 is 0. The van der Waals surface area contributed by atoms with Crippen LogP contribution in [0, 0.1) is 5.41 Å². The zero-order valence-corrected chi connectivity index (χ0v) is 13.1. The first-order chi connectivity index (χ1) is 10.7. The predicted molar refractivity (Wildman–Crippen MR) is 89.2 cm³/mol. The van der Waals surface area contributed by atoms with Crippen molar-refractivity contribution in [2.24, 2.45) is 5.41 Å². The molecule has 1 spiro atoms. The Bertz CT molecular complexity index is 516. The van der Waals surface area contributed by atoms with Crippen molar-refractivity contribution >= 4 is 12.6 Å². The molecule has 1 saturated carbocycles. The molecule has 4 heteroatoms. The molecule has 2 aliphatic rings. The van der Waals surface area contributed by atoms with Crippen LogP contribution in [0.15, 0.2) is 35.9 Å². The van der Waals surface area contributed by atoms with E-state index in [0.717, 1.165) is 12.2 Å². The van der Waals surface area contributed by atoms with Gasteiger partial charge in [0.15, 0.2) is 0 Å². The summed E-state index contributed by atoms with van der Waals surface area (Å²) in [4.78, 5) is 0. The van der Waals surface area contributed by atoms with Crippen LogP contribution in [0.1, 0.15) is 51.4 Å². The lowest BCUT2D eigenvalue weighted by atomic mass is 9.67. The quantitative estimate of drug-likeness (QED) is 0.664. The molecule has 3 nitrogen and oxygen atoms in total. The molecule has 0 bridgehead atoms. The standard InChI is InChI=1S/C18H25BO3/c20-19(21)16-6-8-17(9-7-16)22-14-15-5-4-12-18(13-15)10-2-1-3-11-18/h6-9,13,20-21H,1-5,10-12,14H2. The Hall–Kier alpha value is -1.26. The Kier molecular flexibility index (Phi) is 4.89. The Balaban J connectivity index is 1.60. The van der Waals surface area contributed by atoms with E-state index in [4.69, 9.17) is 14.8 Å². The maximum Gasteiger partial charge on any atom is 0.488 e. The molecule has 2 aliphatic carbocycles. The van der Waals surface area contributed by atoms with Crippen molar-refractivity contribution in [3.05, 3.63) is 35.9 Å². The van der Waals surface area contributed by atoms with E-state index in [-0.39, 0.29) is 0 Å². The molecular weight excluding hydrogens is 275 g/mol. The van der Waals surface area contributed by atoms with E-state index in [1.54, 1.807) is 24.3 Å². The molecule has 0 heterocycles. The van der Waals surface area contributed by atoms with Gasteiger partial charge in [-0.2, -0.15) is 0 Å². The molecule has 1 fully saturated rings. The third kappa shape index (κ3) is 3.74. The van der Waals surface area contributed by atoms with Crippen molar-refractivity contribution in [3.8, 4) is 5.75 Å². The molecule has 22 heavy (non-hydrogen) atoms. The van der Waals surface area contributed by atoms with Gasteiger partial charge in [-0.3, -0.25) is 0 Å². The number of benzene rings is 1. The average molecular weight is 300 g/mol. The summed E-state index contributed by atoms with van der Waals surface area (Å²) in [6, 6.07) is 6.98. The molecule has 3 rings (SSSR count). The van der Waals surface area contributed by atoms with Crippen molar-refractivity contribution in [2.75, 3.05) is 6.61 Å². The van der Waals surface area contributed by atoms with Crippen molar-refractivity contribution in [1.82, 2.24) is 0 Å². The molecule has 0 aromatic heterocycles. The first kappa shape index (κ1) is 15.6. The molecule has 2 N–H and O–H groups in total. The Morgan fingerprint density at radius 2 is 1.64 bits per heavy atom. The fourth-order valence-corrected chi connectivity index (χ4v) is 3.92. The SMILES string of the molecule is OB(O)c1ccc(OCC2=CC3(CCCCC3)CCC2)cc1. The number of allylic oxidation sites excluding steroid dienone is 1. The number of hydrogen-bond acceptors (Lipinski definition) is 3. The van der Waals surface area contributed by atoms with E-state index in [2.05, 4.69) is 6.08 Å². The molecule has 0 radical (unpaired) electrons. The molecule has 0 amide bonds. The van der Waals surface area contributed by atoms with Crippen LogP contribution in [-0.2, 0) is 0 Å². The Morgan fingerprint density at radius 1 is 0.955 bits per heavy atom. The van der Waals surface area contributed by atoms with Crippen LogP contribution in [0.3, 0.4) is 0 Å². The van der Waals surface area contributed by atoms with Gasteiger partial charge in [0.2, 0.25) is 0 Å². The van der Waals surface area contributed by atoms with Gasteiger partial charge in [-0.25, -0.2) is 0 Å². The van der Waals surface area contributed by atoms with Crippen molar-refractivity contribution in [3.63, 3.8) is 0 Å². The van der Waals surface area contributed by atoms with Crippen molar-refractivity contribution in [1.29, 1.82) is 0 Å². The second kappa shape index (κ2) is 6.88. The van der Waals surface area contributed by atoms with Crippen LogP contribution in [-0.4, -0.2) is 23.8 Å². The van der Waals surface area contributed by atoms with Crippen LogP contribution >= 0.6 is 0 Å². The second-order valence-corrected chi connectivity index (χ2v) is 6.81. The summed E-state index contributed by atoms with van der Waals surface area (Å²) in [6.07, 6.45) is 13.1. The normalized spacial score (nSPS) is 20.5. The van der Waals surface area contributed by atoms with Gasteiger partial charge in [0.25, 0.3) is 0 Å². The topological polar surface area (TPSA) is 49.7 Å². The van der Waals surface area contributed by atoms with E-state index in [9.17, 15) is 0 Å². The number of hydrogen-bond donors (Lipinski definition) is 2. The maximum absolute atomic E-state index is 9.09. The van der Waals surface area contributed by atoms with E-state index in [1.807, 2.05) is 0 Å². The highest BCUT2D eigenvalue weighted by Gasteiger charge is 2.32. The van der Waals surface area contributed by atoms with Gasteiger partial charge in [-0.05, 0) is 60.7 Å². The van der Waals surface area contributed by atoms with Crippen molar-refractivity contribution in [2.45, 2.75) is 51.4 Å². The van der Waals surface area contributed by atoms with Crippen LogP contribution in [0.5, 0.6) is 5.75 Å².